The van der Waals surface area contributed by atoms with Crippen LogP contribution in [0.1, 0.15) is 52.9 Å². The van der Waals surface area contributed by atoms with Crippen molar-refractivity contribution in [1.29, 1.82) is 0 Å². The van der Waals surface area contributed by atoms with Crippen LogP contribution in [0.4, 0.5) is 0 Å². The topological polar surface area (TPSA) is 155 Å². The van der Waals surface area contributed by atoms with E-state index in [-0.39, 0.29) is 44.5 Å². The molecular weight excluding hydrogens is 524 g/mol. The van der Waals surface area contributed by atoms with Gasteiger partial charge in [-0.1, -0.05) is 13.0 Å². The van der Waals surface area contributed by atoms with Gasteiger partial charge in [0.15, 0.2) is 28.4 Å². The molecule has 2 spiro atoms. The molecule has 3 aliphatic carbocycles. The highest BCUT2D eigenvalue weighted by Gasteiger charge is 2.93. The first-order valence-corrected chi connectivity index (χ1v) is 14.2. The molecular formula is C29H34O11. The quantitative estimate of drug-likeness (QED) is 0.429. The number of fused-ring (bicyclic) bond motifs is 5. The average molecular weight is 559 g/mol. The zero-order valence-electron chi connectivity index (χ0n) is 22.9. The van der Waals surface area contributed by atoms with Crippen LogP contribution in [0.15, 0.2) is 12.2 Å². The van der Waals surface area contributed by atoms with E-state index in [2.05, 4.69) is 0 Å². The van der Waals surface area contributed by atoms with Crippen LogP contribution in [0, 0.1) is 34.5 Å². The number of methoxy groups -OCH3 is 1. The summed E-state index contributed by atoms with van der Waals surface area (Å²) >= 11 is 0. The second kappa shape index (κ2) is 6.89. The maximum Gasteiger partial charge on any atom is 0.342 e. The Bertz CT molecular complexity index is 1340. The molecule has 0 aromatic heterocycles. The lowest BCUT2D eigenvalue weighted by molar-refractivity contribution is -0.382. The highest BCUT2D eigenvalue weighted by Crippen LogP contribution is 2.75. The van der Waals surface area contributed by atoms with Crippen molar-refractivity contribution in [3.05, 3.63) is 12.2 Å². The number of carbonyl (C=O) groups is 4. The highest BCUT2D eigenvalue weighted by molar-refractivity contribution is 6.00. The number of hydrogen-bond acceptors (Lipinski definition) is 11. The fourth-order valence-corrected chi connectivity index (χ4v) is 11.0. The third-order valence-corrected chi connectivity index (χ3v) is 13.0. The lowest BCUT2D eigenvalue weighted by Crippen LogP contribution is -2.79. The Morgan fingerprint density at radius 2 is 1.85 bits per heavy atom. The van der Waals surface area contributed by atoms with Crippen LogP contribution in [0.3, 0.4) is 0 Å². The van der Waals surface area contributed by atoms with Gasteiger partial charge in [-0.3, -0.25) is 14.4 Å². The molecule has 7 fully saturated rings. The number of ketones is 2. The summed E-state index contributed by atoms with van der Waals surface area (Å²) in [6.45, 7) is 4.93. The number of rotatable bonds is 1. The molecule has 8 rings (SSSR count). The Kier molecular flexibility index (Phi) is 4.39. The number of hydrogen-bond donors (Lipinski definition) is 2. The molecule has 8 aliphatic rings. The lowest BCUT2D eigenvalue weighted by atomic mass is 9.46. The van der Waals surface area contributed by atoms with Gasteiger partial charge in [0.05, 0.1) is 30.0 Å². The van der Waals surface area contributed by atoms with Crippen molar-refractivity contribution in [3.8, 4) is 0 Å². The monoisotopic (exact) mass is 558 g/mol. The molecule has 2 saturated carbocycles. The van der Waals surface area contributed by atoms with Crippen molar-refractivity contribution >= 4 is 23.5 Å². The largest absolute Gasteiger partial charge is 0.458 e. The Balaban J connectivity index is 1.43. The van der Waals surface area contributed by atoms with Gasteiger partial charge < -0.3 is 33.9 Å². The summed E-state index contributed by atoms with van der Waals surface area (Å²) in [5.74, 6) is -7.78. The number of Topliss-reactive ketones (excluding diaryl/α,β-unsaturated/α-hetero) is 1. The average Bonchev–Trinajstić information content (AvgIpc) is 3.22. The van der Waals surface area contributed by atoms with Crippen LogP contribution in [-0.2, 0) is 42.9 Å². The van der Waals surface area contributed by atoms with E-state index in [1.54, 1.807) is 19.9 Å². The Hall–Kier alpha value is -2.18. The molecule has 0 amide bonds. The maximum atomic E-state index is 15.0. The van der Waals surface area contributed by atoms with Crippen LogP contribution in [0.25, 0.3) is 0 Å². The molecule has 0 unspecified atom stereocenters. The SMILES string of the molecule is CO[C@]12CC=CC(=O)[C@]1(C)[C@H]1CC[C@]3(O)C(=O)O[C@@]4(C)[C@H]5C[C@]6(C)[C@@H](CO[C@@]7(O[C@@]43[C@H]6C7=O)[C@@H]1C[C@H]2O)C(=O)O5. The smallest absolute Gasteiger partial charge is 0.342 e. The van der Waals surface area contributed by atoms with Gasteiger partial charge in [0, 0.05) is 13.0 Å². The van der Waals surface area contributed by atoms with Gasteiger partial charge in [-0.15, -0.1) is 0 Å². The highest BCUT2D eigenvalue weighted by atomic mass is 16.8. The third kappa shape index (κ3) is 2.13. The van der Waals surface area contributed by atoms with Crippen molar-refractivity contribution in [3.63, 3.8) is 0 Å². The predicted molar refractivity (Wildman–Crippen MR) is 130 cm³/mol. The molecule has 5 aliphatic heterocycles. The van der Waals surface area contributed by atoms with Crippen molar-refractivity contribution in [1.82, 2.24) is 0 Å². The molecule has 0 aromatic carbocycles. The zero-order chi connectivity index (χ0) is 28.5. The second-order valence-electron chi connectivity index (χ2n) is 13.9. The van der Waals surface area contributed by atoms with Gasteiger partial charge in [0.1, 0.15) is 11.7 Å². The van der Waals surface area contributed by atoms with Gasteiger partial charge in [-0.2, -0.15) is 0 Å². The van der Waals surface area contributed by atoms with E-state index in [0.29, 0.717) is 0 Å². The fourth-order valence-electron chi connectivity index (χ4n) is 11.0. The van der Waals surface area contributed by atoms with Crippen LogP contribution in [0.2, 0.25) is 0 Å². The molecule has 11 heteroatoms. The number of carbonyl (C=O) groups excluding carboxylic acids is 4. The third-order valence-electron chi connectivity index (χ3n) is 13.0. The first-order chi connectivity index (χ1) is 18.7. The molecule has 5 saturated heterocycles. The summed E-state index contributed by atoms with van der Waals surface area (Å²) in [5, 5.41) is 24.2. The van der Waals surface area contributed by atoms with Crippen molar-refractivity contribution in [2.45, 2.75) is 93.3 Å². The number of ether oxygens (including phenoxy) is 5. The standard InChI is InChI=1S/C29H34O11/c1-23-11-18-25(3)29-19(23)20(32)28(40-29,37-12-15(23)21(33)38-18)14-10-17(31)27(36-4)8-5-6-16(30)24(27,2)13(14)7-9-26(29,35)22(34)39-25/h5-6,13-15,17-19,31,35H,7-12H2,1-4H3/t13-,14+,15-,17+,18+,19-,23+,24-,25-,26-,27-,28+,29-/m0/s1. The summed E-state index contributed by atoms with van der Waals surface area (Å²) in [5.41, 5.74) is -9.52. The first kappa shape index (κ1) is 25.5. The summed E-state index contributed by atoms with van der Waals surface area (Å²) in [4.78, 5) is 56.0. The Labute approximate surface area is 230 Å². The van der Waals surface area contributed by atoms with E-state index >= 15 is 0 Å². The first-order valence-electron chi connectivity index (χ1n) is 14.2. The summed E-state index contributed by atoms with van der Waals surface area (Å²) < 4.78 is 31.1. The van der Waals surface area contributed by atoms with Crippen LogP contribution >= 0.6 is 0 Å². The fraction of sp³-hybridized carbons (Fsp3) is 0.793. The van der Waals surface area contributed by atoms with Crippen molar-refractivity contribution in [2.24, 2.45) is 34.5 Å². The predicted octanol–water partition coefficient (Wildman–Crippen LogP) is 0.377. The second-order valence-corrected chi connectivity index (χ2v) is 13.9. The molecule has 5 heterocycles. The van der Waals surface area contributed by atoms with Gasteiger partial charge in [-0.05, 0) is 63.4 Å². The molecule has 2 N–H and O–H groups in total. The number of allylic oxidation sites excluding steroid dienone is 1. The van der Waals surface area contributed by atoms with Crippen LogP contribution in [-0.4, -0.2) is 87.8 Å². The van der Waals surface area contributed by atoms with E-state index in [0.717, 1.165) is 0 Å². The van der Waals surface area contributed by atoms with Gasteiger partial charge in [-0.25, -0.2) is 4.79 Å². The Morgan fingerprint density at radius 3 is 2.58 bits per heavy atom. The molecule has 0 aromatic rings. The van der Waals surface area contributed by atoms with Crippen LogP contribution < -0.4 is 0 Å². The minimum atomic E-state index is -2.28. The van der Waals surface area contributed by atoms with Crippen molar-refractivity contribution in [2.75, 3.05) is 13.7 Å². The van der Waals surface area contributed by atoms with Gasteiger partial charge >= 0.3 is 11.9 Å². The summed E-state index contributed by atoms with van der Waals surface area (Å²) in [6, 6.07) is 0. The molecule has 5 bridgehead atoms. The van der Waals surface area contributed by atoms with Gasteiger partial charge in [0.25, 0.3) is 0 Å². The van der Waals surface area contributed by atoms with Crippen molar-refractivity contribution < 1.29 is 53.1 Å². The number of aliphatic hydroxyl groups excluding tert-OH is 1. The zero-order valence-corrected chi connectivity index (χ0v) is 22.9. The summed E-state index contributed by atoms with van der Waals surface area (Å²) in [7, 11) is 1.46. The molecule has 13 atom stereocenters. The lowest BCUT2D eigenvalue weighted by Gasteiger charge is -2.64. The molecule has 11 nitrogen and oxygen atoms in total. The minimum Gasteiger partial charge on any atom is -0.458 e. The summed E-state index contributed by atoms with van der Waals surface area (Å²) in [6.07, 6.45) is 1.55. The normalized spacial score (nSPS) is 60.8. The van der Waals surface area contributed by atoms with E-state index in [4.69, 9.17) is 23.7 Å². The maximum absolute atomic E-state index is 15.0. The molecule has 40 heavy (non-hydrogen) atoms. The van der Waals surface area contributed by atoms with E-state index in [9.17, 15) is 29.4 Å². The van der Waals surface area contributed by atoms with E-state index < -0.39 is 92.6 Å². The minimum absolute atomic E-state index is 0.0168. The van der Waals surface area contributed by atoms with E-state index in [1.165, 1.54) is 13.2 Å². The number of aliphatic hydroxyl groups is 2. The molecule has 0 radical (unpaired) electrons. The molecule has 216 valence electrons. The van der Waals surface area contributed by atoms with Gasteiger partial charge in [0.2, 0.25) is 5.79 Å². The Morgan fingerprint density at radius 1 is 1.10 bits per heavy atom. The van der Waals surface area contributed by atoms with Crippen LogP contribution in [0.5, 0.6) is 0 Å². The van der Waals surface area contributed by atoms with E-state index in [1.807, 2.05) is 6.92 Å². The number of esters is 2.